The first-order chi connectivity index (χ1) is 10.2. The second-order valence-corrected chi connectivity index (χ2v) is 5.54. The van der Waals surface area contributed by atoms with Gasteiger partial charge < -0.3 is 5.11 Å². The Morgan fingerprint density at radius 1 is 0.955 bits per heavy atom. The maximum atomic E-state index is 13.5. The van der Waals surface area contributed by atoms with Gasteiger partial charge in [0.05, 0.1) is 0 Å². The van der Waals surface area contributed by atoms with Gasteiger partial charge in [0.1, 0.15) is 5.82 Å². The predicted molar refractivity (Wildman–Crippen MR) is 79.5 cm³/mol. The lowest BCUT2D eigenvalue weighted by molar-refractivity contribution is -0.244. The molecule has 22 heavy (non-hydrogen) atoms. The summed E-state index contributed by atoms with van der Waals surface area (Å²) in [5.74, 6) is -0.668. The van der Waals surface area contributed by atoms with E-state index in [1.807, 2.05) is 0 Å². The molecule has 0 fully saturated rings. The van der Waals surface area contributed by atoms with Crippen molar-refractivity contribution in [3.8, 4) is 0 Å². The third-order valence-electron chi connectivity index (χ3n) is 3.13. The molecule has 0 bridgehead atoms. The Labute approximate surface area is 133 Å². The van der Waals surface area contributed by atoms with Crippen LogP contribution in [-0.4, -0.2) is 11.3 Å². The SMILES string of the molecule is OC(C=Cc1ccccc1F)(c1ccc(Br)cc1)C(F)(F)F. The Kier molecular flexibility index (Phi) is 4.72. The van der Waals surface area contributed by atoms with Crippen molar-refractivity contribution < 1.29 is 22.7 Å². The van der Waals surface area contributed by atoms with Crippen molar-refractivity contribution in [2.75, 3.05) is 0 Å². The lowest BCUT2D eigenvalue weighted by Crippen LogP contribution is -2.40. The Morgan fingerprint density at radius 3 is 2.09 bits per heavy atom. The van der Waals surface area contributed by atoms with Crippen LogP contribution in [0.15, 0.2) is 59.1 Å². The van der Waals surface area contributed by atoms with Gasteiger partial charge in [0.15, 0.2) is 0 Å². The number of hydrogen-bond acceptors (Lipinski definition) is 1. The summed E-state index contributed by atoms with van der Waals surface area (Å²) in [6, 6.07) is 10.5. The van der Waals surface area contributed by atoms with Crippen molar-refractivity contribution in [1.82, 2.24) is 0 Å². The third kappa shape index (κ3) is 3.39. The fraction of sp³-hybridized carbons (Fsp3) is 0.125. The summed E-state index contributed by atoms with van der Waals surface area (Å²) in [7, 11) is 0. The molecule has 0 spiro atoms. The van der Waals surface area contributed by atoms with Crippen LogP contribution in [0.3, 0.4) is 0 Å². The predicted octanol–water partition coefficient (Wildman–Crippen LogP) is 5.05. The van der Waals surface area contributed by atoms with Gasteiger partial charge in [-0.05, 0) is 29.8 Å². The Balaban J connectivity index is 2.47. The Hall–Kier alpha value is -1.66. The lowest BCUT2D eigenvalue weighted by atomic mass is 9.92. The molecule has 0 aliphatic heterocycles. The van der Waals surface area contributed by atoms with E-state index in [1.165, 1.54) is 30.3 Å². The van der Waals surface area contributed by atoms with Gasteiger partial charge >= 0.3 is 6.18 Å². The van der Waals surface area contributed by atoms with Gasteiger partial charge in [-0.2, -0.15) is 13.2 Å². The fourth-order valence-electron chi connectivity index (χ4n) is 1.88. The minimum Gasteiger partial charge on any atom is -0.373 e. The van der Waals surface area contributed by atoms with Gasteiger partial charge in [-0.25, -0.2) is 4.39 Å². The largest absolute Gasteiger partial charge is 0.425 e. The van der Waals surface area contributed by atoms with Crippen LogP contribution in [0.4, 0.5) is 17.6 Å². The molecule has 2 aromatic rings. The molecule has 1 nitrogen and oxygen atoms in total. The summed E-state index contributed by atoms with van der Waals surface area (Å²) < 4.78 is 53.9. The van der Waals surface area contributed by atoms with E-state index in [4.69, 9.17) is 0 Å². The third-order valence-corrected chi connectivity index (χ3v) is 3.65. The molecule has 0 heterocycles. The molecule has 2 aromatic carbocycles. The van der Waals surface area contributed by atoms with E-state index in [0.29, 0.717) is 10.5 Å². The molecule has 0 radical (unpaired) electrons. The van der Waals surface area contributed by atoms with Crippen molar-refractivity contribution in [2.45, 2.75) is 11.8 Å². The second-order valence-electron chi connectivity index (χ2n) is 4.63. The summed E-state index contributed by atoms with van der Waals surface area (Å²) in [6.45, 7) is 0. The first-order valence-corrected chi connectivity index (χ1v) is 7.02. The number of hydrogen-bond donors (Lipinski definition) is 1. The monoisotopic (exact) mass is 374 g/mol. The summed E-state index contributed by atoms with van der Waals surface area (Å²) in [4.78, 5) is 0. The van der Waals surface area contributed by atoms with E-state index >= 15 is 0 Å². The molecule has 1 atom stereocenters. The lowest BCUT2D eigenvalue weighted by Gasteiger charge is -2.28. The molecular weight excluding hydrogens is 364 g/mol. The van der Waals surface area contributed by atoms with Crippen molar-refractivity contribution in [2.24, 2.45) is 0 Å². The van der Waals surface area contributed by atoms with Crippen LogP contribution in [0.5, 0.6) is 0 Å². The van der Waals surface area contributed by atoms with E-state index in [1.54, 1.807) is 0 Å². The highest BCUT2D eigenvalue weighted by molar-refractivity contribution is 9.10. The molecule has 0 aliphatic carbocycles. The fourth-order valence-corrected chi connectivity index (χ4v) is 2.14. The smallest absolute Gasteiger partial charge is 0.373 e. The molecule has 6 heteroatoms. The normalized spacial score (nSPS) is 15.0. The maximum Gasteiger partial charge on any atom is 0.425 e. The second kappa shape index (κ2) is 6.22. The number of aliphatic hydroxyl groups is 1. The van der Waals surface area contributed by atoms with E-state index < -0.39 is 17.6 Å². The van der Waals surface area contributed by atoms with Gasteiger partial charge in [-0.3, -0.25) is 0 Å². The van der Waals surface area contributed by atoms with Crippen LogP contribution in [0.1, 0.15) is 11.1 Å². The van der Waals surface area contributed by atoms with E-state index in [-0.39, 0.29) is 11.1 Å². The molecule has 0 amide bonds. The zero-order chi connectivity index (χ0) is 16.4. The van der Waals surface area contributed by atoms with Gasteiger partial charge in [0.25, 0.3) is 0 Å². The van der Waals surface area contributed by atoms with E-state index in [9.17, 15) is 22.7 Å². The molecule has 0 saturated carbocycles. The van der Waals surface area contributed by atoms with E-state index in [2.05, 4.69) is 15.9 Å². The minimum absolute atomic E-state index is 0.0395. The van der Waals surface area contributed by atoms with Crippen LogP contribution in [-0.2, 0) is 5.60 Å². The molecule has 0 aromatic heterocycles. The molecule has 0 saturated heterocycles. The molecule has 0 aliphatic rings. The number of halogens is 5. The quantitative estimate of drug-likeness (QED) is 0.745. The first kappa shape index (κ1) is 16.7. The zero-order valence-electron chi connectivity index (χ0n) is 11.1. The first-order valence-electron chi connectivity index (χ1n) is 6.23. The summed E-state index contributed by atoms with van der Waals surface area (Å²) in [5, 5.41) is 10.1. The van der Waals surface area contributed by atoms with Crippen molar-refractivity contribution in [3.05, 3.63) is 76.0 Å². The summed E-state index contributed by atoms with van der Waals surface area (Å²) >= 11 is 3.12. The van der Waals surface area contributed by atoms with Crippen LogP contribution in [0, 0.1) is 5.82 Å². The van der Waals surface area contributed by atoms with Crippen molar-refractivity contribution in [3.63, 3.8) is 0 Å². The van der Waals surface area contributed by atoms with Crippen LogP contribution < -0.4 is 0 Å². The molecule has 1 unspecified atom stereocenters. The highest BCUT2D eigenvalue weighted by Gasteiger charge is 2.53. The average Bonchev–Trinajstić information content (AvgIpc) is 2.45. The minimum atomic E-state index is -4.94. The number of benzene rings is 2. The Bertz CT molecular complexity index is 679. The maximum absolute atomic E-state index is 13.5. The van der Waals surface area contributed by atoms with E-state index in [0.717, 1.165) is 24.3 Å². The number of rotatable bonds is 3. The zero-order valence-corrected chi connectivity index (χ0v) is 12.7. The standard InChI is InChI=1S/C16H11BrF4O/c17-13-7-5-12(6-8-13)15(22,16(19,20)21)10-9-11-3-1-2-4-14(11)18/h1-10,22H. The highest BCUT2D eigenvalue weighted by atomic mass is 79.9. The van der Waals surface area contributed by atoms with Gasteiger partial charge in [-0.15, -0.1) is 0 Å². The van der Waals surface area contributed by atoms with Gasteiger partial charge in [-0.1, -0.05) is 52.3 Å². The van der Waals surface area contributed by atoms with Crippen molar-refractivity contribution >= 4 is 22.0 Å². The molecule has 2 rings (SSSR count). The van der Waals surface area contributed by atoms with Crippen LogP contribution in [0.25, 0.3) is 6.08 Å². The topological polar surface area (TPSA) is 20.2 Å². The highest BCUT2D eigenvalue weighted by Crippen LogP contribution is 2.41. The molecular formula is C16H11BrF4O. The van der Waals surface area contributed by atoms with Gasteiger partial charge in [0, 0.05) is 10.0 Å². The average molecular weight is 375 g/mol. The van der Waals surface area contributed by atoms with Crippen molar-refractivity contribution in [1.29, 1.82) is 0 Å². The number of alkyl halides is 3. The van der Waals surface area contributed by atoms with Crippen LogP contribution >= 0.6 is 15.9 Å². The summed E-state index contributed by atoms with van der Waals surface area (Å²) in [6.07, 6.45) is -3.47. The Morgan fingerprint density at radius 2 is 1.55 bits per heavy atom. The molecule has 116 valence electrons. The van der Waals surface area contributed by atoms with Crippen LogP contribution in [0.2, 0.25) is 0 Å². The summed E-state index contributed by atoms with van der Waals surface area (Å²) in [5.41, 5.74) is -3.59. The van der Waals surface area contributed by atoms with Gasteiger partial charge in [0.2, 0.25) is 5.60 Å². The molecule has 1 N–H and O–H groups in total.